The first-order valence-electron chi connectivity index (χ1n) is 3.71. The summed E-state index contributed by atoms with van der Waals surface area (Å²) in [5.74, 6) is 0.862. The van der Waals surface area contributed by atoms with Gasteiger partial charge in [0.1, 0.15) is 0 Å². The number of nitrogens with one attached hydrogen (secondary N) is 1. The van der Waals surface area contributed by atoms with Crippen molar-refractivity contribution < 1.29 is 4.79 Å². The van der Waals surface area contributed by atoms with Gasteiger partial charge in [0.2, 0.25) is 5.91 Å². The zero-order valence-electron chi connectivity index (χ0n) is 7.73. The zero-order valence-corrected chi connectivity index (χ0v) is 8.55. The summed E-state index contributed by atoms with van der Waals surface area (Å²) in [6.45, 7) is 6.18. The summed E-state index contributed by atoms with van der Waals surface area (Å²) >= 11 is 1.62. The molecule has 0 rings (SSSR count). The number of rotatable bonds is 3. The average Bonchev–Trinajstić information content (AvgIpc) is 1.79. The molecule has 66 valence electrons. The molecule has 0 heterocycles. The number of hydrogen-bond donors (Lipinski definition) is 1. The summed E-state index contributed by atoms with van der Waals surface area (Å²) in [5, 5.41) is 2.81. The van der Waals surface area contributed by atoms with Crippen LogP contribution >= 0.6 is 11.8 Å². The van der Waals surface area contributed by atoms with Gasteiger partial charge in [-0.2, -0.15) is 0 Å². The highest BCUT2D eigenvalue weighted by atomic mass is 32.2. The van der Waals surface area contributed by atoms with Gasteiger partial charge in [0.15, 0.2) is 0 Å². The lowest BCUT2D eigenvalue weighted by atomic mass is 9.92. The van der Waals surface area contributed by atoms with Crippen LogP contribution in [0, 0.1) is 5.41 Å². The first kappa shape index (κ1) is 10.8. The quantitative estimate of drug-likeness (QED) is 0.663. The van der Waals surface area contributed by atoms with Gasteiger partial charge < -0.3 is 5.32 Å². The van der Waals surface area contributed by atoms with E-state index in [0.717, 1.165) is 5.88 Å². The molecular formula is C8H17NOS. The molecule has 0 saturated heterocycles. The maximum Gasteiger partial charge on any atom is 0.221 e. The number of carbonyl (C=O) groups is 1. The Bertz CT molecular complexity index is 129. The lowest BCUT2D eigenvalue weighted by Crippen LogP contribution is -2.26. The Morgan fingerprint density at radius 2 is 2.00 bits per heavy atom. The van der Waals surface area contributed by atoms with Gasteiger partial charge in [-0.25, -0.2) is 0 Å². The van der Waals surface area contributed by atoms with E-state index in [2.05, 4.69) is 26.1 Å². The zero-order chi connectivity index (χ0) is 8.91. The molecule has 0 aliphatic heterocycles. The topological polar surface area (TPSA) is 29.1 Å². The van der Waals surface area contributed by atoms with E-state index in [-0.39, 0.29) is 11.3 Å². The van der Waals surface area contributed by atoms with Crippen LogP contribution in [0.2, 0.25) is 0 Å². The molecule has 0 aliphatic rings. The molecule has 0 atom stereocenters. The van der Waals surface area contributed by atoms with Crippen LogP contribution in [0.15, 0.2) is 0 Å². The molecule has 0 aliphatic carbocycles. The molecule has 0 saturated carbocycles. The molecule has 3 heteroatoms. The Morgan fingerprint density at radius 3 is 2.36 bits per heavy atom. The number of thioether (sulfide) groups is 1. The van der Waals surface area contributed by atoms with E-state index < -0.39 is 0 Å². The van der Waals surface area contributed by atoms with E-state index in [1.165, 1.54) is 0 Å². The third-order valence-electron chi connectivity index (χ3n) is 1.10. The normalized spacial score (nSPS) is 11.3. The van der Waals surface area contributed by atoms with Crippen molar-refractivity contribution in [3.63, 3.8) is 0 Å². The lowest BCUT2D eigenvalue weighted by molar-refractivity contribution is -0.122. The van der Waals surface area contributed by atoms with Crippen molar-refractivity contribution in [3.8, 4) is 0 Å². The molecule has 1 N–H and O–H groups in total. The van der Waals surface area contributed by atoms with Crippen molar-refractivity contribution in [3.05, 3.63) is 0 Å². The number of carbonyl (C=O) groups excluding carboxylic acids is 1. The fourth-order valence-electron chi connectivity index (χ4n) is 0.697. The van der Waals surface area contributed by atoms with Gasteiger partial charge in [-0.1, -0.05) is 20.8 Å². The molecule has 0 aromatic heterocycles. The minimum atomic E-state index is 0.0997. The van der Waals surface area contributed by atoms with Gasteiger partial charge in [-0.3, -0.25) is 4.79 Å². The summed E-state index contributed by atoms with van der Waals surface area (Å²) < 4.78 is 0. The van der Waals surface area contributed by atoms with Crippen LogP contribution in [-0.2, 0) is 4.79 Å². The third-order valence-corrected chi connectivity index (χ3v) is 1.54. The van der Waals surface area contributed by atoms with Crippen molar-refractivity contribution in [1.29, 1.82) is 0 Å². The number of amides is 1. The molecule has 0 spiro atoms. The summed E-state index contributed by atoms with van der Waals surface area (Å²) in [5.41, 5.74) is 0.0997. The first-order valence-corrected chi connectivity index (χ1v) is 5.11. The summed E-state index contributed by atoms with van der Waals surface area (Å²) in [6.07, 6.45) is 2.57. The Labute approximate surface area is 73.1 Å². The smallest absolute Gasteiger partial charge is 0.221 e. The fourth-order valence-corrected chi connectivity index (χ4v) is 1.00. The lowest BCUT2D eigenvalue weighted by Gasteiger charge is -2.16. The molecule has 0 aromatic carbocycles. The molecular weight excluding hydrogens is 158 g/mol. The van der Waals surface area contributed by atoms with Gasteiger partial charge in [0.25, 0.3) is 0 Å². The average molecular weight is 175 g/mol. The maximum absolute atomic E-state index is 11.1. The van der Waals surface area contributed by atoms with E-state index in [1.807, 2.05) is 6.26 Å². The van der Waals surface area contributed by atoms with Crippen LogP contribution < -0.4 is 5.32 Å². The summed E-state index contributed by atoms with van der Waals surface area (Å²) in [6, 6.07) is 0. The van der Waals surface area contributed by atoms with Crippen molar-refractivity contribution in [1.82, 2.24) is 5.32 Å². The van der Waals surface area contributed by atoms with Crippen molar-refractivity contribution in [2.45, 2.75) is 27.2 Å². The third kappa shape index (κ3) is 7.72. The fraction of sp³-hybridized carbons (Fsp3) is 0.875. The second-order valence-corrected chi connectivity index (χ2v) is 4.64. The highest BCUT2D eigenvalue weighted by Gasteiger charge is 2.14. The van der Waals surface area contributed by atoms with Gasteiger partial charge in [0, 0.05) is 6.42 Å². The van der Waals surface area contributed by atoms with Gasteiger partial charge in [0.05, 0.1) is 5.88 Å². The van der Waals surface area contributed by atoms with Gasteiger partial charge in [-0.05, 0) is 11.7 Å². The van der Waals surface area contributed by atoms with E-state index in [9.17, 15) is 4.79 Å². The van der Waals surface area contributed by atoms with Crippen molar-refractivity contribution >= 4 is 17.7 Å². The summed E-state index contributed by atoms with van der Waals surface area (Å²) in [4.78, 5) is 11.1. The highest BCUT2D eigenvalue weighted by molar-refractivity contribution is 7.98. The molecule has 1 amide bonds. The predicted octanol–water partition coefficient (Wildman–Crippen LogP) is 1.86. The van der Waals surface area contributed by atoms with Gasteiger partial charge in [-0.15, -0.1) is 11.8 Å². The van der Waals surface area contributed by atoms with Crippen LogP contribution in [0.25, 0.3) is 0 Å². The molecule has 0 aromatic rings. The predicted molar refractivity (Wildman–Crippen MR) is 50.6 cm³/mol. The van der Waals surface area contributed by atoms with Crippen LogP contribution in [-0.4, -0.2) is 18.0 Å². The molecule has 11 heavy (non-hydrogen) atoms. The highest BCUT2D eigenvalue weighted by Crippen LogP contribution is 2.17. The van der Waals surface area contributed by atoms with Crippen LogP contribution in [0.3, 0.4) is 0 Å². The van der Waals surface area contributed by atoms with E-state index in [4.69, 9.17) is 0 Å². The van der Waals surface area contributed by atoms with Crippen LogP contribution in [0.5, 0.6) is 0 Å². The molecule has 0 unspecified atom stereocenters. The number of hydrogen-bond acceptors (Lipinski definition) is 2. The Morgan fingerprint density at radius 1 is 1.45 bits per heavy atom. The Hall–Kier alpha value is -0.180. The Balaban J connectivity index is 3.53. The Kier molecular flexibility index (Phi) is 4.57. The van der Waals surface area contributed by atoms with E-state index >= 15 is 0 Å². The SMILES string of the molecule is CSCNC(=O)CC(C)(C)C. The molecule has 0 bridgehead atoms. The van der Waals surface area contributed by atoms with Crippen molar-refractivity contribution in [2.24, 2.45) is 5.41 Å². The van der Waals surface area contributed by atoms with Crippen molar-refractivity contribution in [2.75, 3.05) is 12.1 Å². The van der Waals surface area contributed by atoms with E-state index in [1.54, 1.807) is 11.8 Å². The van der Waals surface area contributed by atoms with Crippen LogP contribution in [0.1, 0.15) is 27.2 Å². The minimum absolute atomic E-state index is 0.0997. The molecule has 0 radical (unpaired) electrons. The van der Waals surface area contributed by atoms with E-state index in [0.29, 0.717) is 6.42 Å². The maximum atomic E-state index is 11.1. The second kappa shape index (κ2) is 4.65. The largest absolute Gasteiger partial charge is 0.347 e. The monoisotopic (exact) mass is 175 g/mol. The standard InChI is InChI=1S/C8H17NOS/c1-8(2,3)5-7(10)9-6-11-4/h5-6H2,1-4H3,(H,9,10). The first-order chi connectivity index (χ1) is 4.95. The van der Waals surface area contributed by atoms with Crippen LogP contribution in [0.4, 0.5) is 0 Å². The minimum Gasteiger partial charge on any atom is -0.347 e. The molecule has 2 nitrogen and oxygen atoms in total. The second-order valence-electron chi connectivity index (χ2n) is 3.77. The van der Waals surface area contributed by atoms with Gasteiger partial charge >= 0.3 is 0 Å². The summed E-state index contributed by atoms with van der Waals surface area (Å²) in [7, 11) is 0. The molecule has 0 fully saturated rings.